The minimum atomic E-state index is -0.266. The van der Waals surface area contributed by atoms with Crippen LogP contribution in [0, 0.1) is 0 Å². The zero-order chi connectivity index (χ0) is 14.4. The zero-order valence-electron chi connectivity index (χ0n) is 11.9. The fourth-order valence-corrected chi connectivity index (χ4v) is 2.05. The van der Waals surface area contributed by atoms with Crippen LogP contribution in [-0.2, 0) is 0 Å². The maximum absolute atomic E-state index is 12.2. The summed E-state index contributed by atoms with van der Waals surface area (Å²) in [5, 5.41) is 6.79. The summed E-state index contributed by atoms with van der Waals surface area (Å²) < 4.78 is 0. The summed E-state index contributed by atoms with van der Waals surface area (Å²) in [6.45, 7) is 4.29. The van der Waals surface area contributed by atoms with Crippen LogP contribution >= 0.6 is 12.4 Å². The van der Waals surface area contributed by atoms with E-state index in [-0.39, 0.29) is 23.9 Å². The number of para-hydroxylation sites is 1. The SMILES string of the molecule is CCCNCCNC(=O)c1cc(=O)[nH]c2ccccc12.Cl. The summed E-state index contributed by atoms with van der Waals surface area (Å²) in [5.74, 6) is -0.217. The van der Waals surface area contributed by atoms with Crippen LogP contribution in [-0.4, -0.2) is 30.5 Å². The minimum absolute atomic E-state index is 0. The van der Waals surface area contributed by atoms with Gasteiger partial charge >= 0.3 is 0 Å². The number of pyridine rings is 1. The van der Waals surface area contributed by atoms with E-state index in [0.717, 1.165) is 24.9 Å². The number of halogens is 1. The van der Waals surface area contributed by atoms with Crippen molar-refractivity contribution < 1.29 is 4.79 Å². The van der Waals surface area contributed by atoms with Gasteiger partial charge in [0.15, 0.2) is 0 Å². The highest BCUT2D eigenvalue weighted by molar-refractivity contribution is 6.05. The van der Waals surface area contributed by atoms with Crippen LogP contribution in [0.5, 0.6) is 0 Å². The van der Waals surface area contributed by atoms with E-state index < -0.39 is 0 Å². The van der Waals surface area contributed by atoms with Gasteiger partial charge in [0.1, 0.15) is 0 Å². The number of fused-ring (bicyclic) bond motifs is 1. The normalized spacial score (nSPS) is 10.1. The Bertz CT molecular complexity index is 655. The Balaban J connectivity index is 0.00000220. The second kappa shape index (κ2) is 8.44. The van der Waals surface area contributed by atoms with Gasteiger partial charge in [0, 0.05) is 30.1 Å². The molecule has 1 heterocycles. The summed E-state index contributed by atoms with van der Waals surface area (Å²) in [4.78, 5) is 26.4. The summed E-state index contributed by atoms with van der Waals surface area (Å²) >= 11 is 0. The first-order valence-electron chi connectivity index (χ1n) is 6.83. The van der Waals surface area contributed by atoms with Gasteiger partial charge in [0.25, 0.3) is 5.91 Å². The first-order valence-corrected chi connectivity index (χ1v) is 6.83. The molecule has 114 valence electrons. The molecule has 0 unspecified atom stereocenters. The van der Waals surface area contributed by atoms with E-state index in [2.05, 4.69) is 22.5 Å². The van der Waals surface area contributed by atoms with Gasteiger partial charge in [-0.1, -0.05) is 25.1 Å². The molecule has 21 heavy (non-hydrogen) atoms. The van der Waals surface area contributed by atoms with Gasteiger partial charge in [0.2, 0.25) is 5.56 Å². The van der Waals surface area contributed by atoms with Gasteiger partial charge in [-0.15, -0.1) is 12.4 Å². The predicted molar refractivity (Wildman–Crippen MR) is 87.3 cm³/mol. The van der Waals surface area contributed by atoms with Crippen molar-refractivity contribution in [1.29, 1.82) is 0 Å². The number of benzene rings is 1. The number of carbonyl (C=O) groups excluding carboxylic acids is 1. The van der Waals surface area contributed by atoms with Crippen molar-refractivity contribution in [3.8, 4) is 0 Å². The highest BCUT2D eigenvalue weighted by atomic mass is 35.5. The number of nitrogens with one attached hydrogen (secondary N) is 3. The fraction of sp³-hybridized carbons (Fsp3) is 0.333. The third kappa shape index (κ3) is 4.58. The highest BCUT2D eigenvalue weighted by Crippen LogP contribution is 2.14. The zero-order valence-corrected chi connectivity index (χ0v) is 12.8. The van der Waals surface area contributed by atoms with Gasteiger partial charge in [-0.2, -0.15) is 0 Å². The standard InChI is InChI=1S/C15H19N3O2.ClH/c1-2-7-16-8-9-17-15(20)12-10-14(19)18-13-6-4-3-5-11(12)13;/h3-6,10,16H,2,7-9H2,1H3,(H,17,20)(H,18,19);1H. The third-order valence-electron chi connectivity index (χ3n) is 3.01. The molecule has 0 atom stereocenters. The van der Waals surface area contributed by atoms with Crippen molar-refractivity contribution in [2.24, 2.45) is 0 Å². The molecule has 0 spiro atoms. The van der Waals surface area contributed by atoms with E-state index in [0.29, 0.717) is 17.6 Å². The molecule has 2 aromatic rings. The number of H-pyrrole nitrogens is 1. The van der Waals surface area contributed by atoms with Crippen molar-refractivity contribution in [1.82, 2.24) is 15.6 Å². The van der Waals surface area contributed by atoms with Crippen LogP contribution in [0.25, 0.3) is 10.9 Å². The van der Waals surface area contributed by atoms with Crippen LogP contribution in [0.1, 0.15) is 23.7 Å². The lowest BCUT2D eigenvalue weighted by molar-refractivity contribution is 0.0955. The van der Waals surface area contributed by atoms with Crippen LogP contribution in [0.15, 0.2) is 35.1 Å². The lowest BCUT2D eigenvalue weighted by Gasteiger charge is -2.08. The molecule has 0 radical (unpaired) electrons. The Kier molecular flexibility index (Phi) is 6.91. The smallest absolute Gasteiger partial charge is 0.252 e. The van der Waals surface area contributed by atoms with Crippen LogP contribution in [0.3, 0.4) is 0 Å². The molecule has 0 aliphatic rings. The maximum atomic E-state index is 12.2. The molecular weight excluding hydrogens is 290 g/mol. The molecule has 1 amide bonds. The molecule has 0 bridgehead atoms. The maximum Gasteiger partial charge on any atom is 0.252 e. The van der Waals surface area contributed by atoms with E-state index in [9.17, 15) is 9.59 Å². The molecule has 0 saturated heterocycles. The molecule has 0 saturated carbocycles. The van der Waals surface area contributed by atoms with Crippen molar-refractivity contribution >= 4 is 29.2 Å². The van der Waals surface area contributed by atoms with Gasteiger partial charge in [0.05, 0.1) is 5.56 Å². The average Bonchev–Trinajstić information content (AvgIpc) is 2.46. The predicted octanol–water partition coefficient (Wildman–Crippen LogP) is 1.68. The first kappa shape index (κ1) is 17.2. The number of carbonyl (C=O) groups is 1. The van der Waals surface area contributed by atoms with Crippen molar-refractivity contribution in [3.63, 3.8) is 0 Å². The number of aromatic amines is 1. The molecule has 0 fully saturated rings. The van der Waals surface area contributed by atoms with Crippen molar-refractivity contribution in [3.05, 3.63) is 46.2 Å². The van der Waals surface area contributed by atoms with E-state index in [1.807, 2.05) is 18.2 Å². The van der Waals surface area contributed by atoms with Gasteiger partial charge in [-0.3, -0.25) is 9.59 Å². The van der Waals surface area contributed by atoms with Crippen LogP contribution in [0.2, 0.25) is 0 Å². The van der Waals surface area contributed by atoms with E-state index in [1.165, 1.54) is 6.07 Å². The summed E-state index contributed by atoms with van der Waals surface area (Å²) in [5.41, 5.74) is 0.826. The number of hydrogen-bond acceptors (Lipinski definition) is 3. The Morgan fingerprint density at radius 3 is 2.71 bits per heavy atom. The Morgan fingerprint density at radius 1 is 1.19 bits per heavy atom. The first-order chi connectivity index (χ1) is 9.72. The van der Waals surface area contributed by atoms with Gasteiger partial charge in [-0.05, 0) is 19.0 Å². The molecule has 1 aromatic heterocycles. The van der Waals surface area contributed by atoms with Gasteiger partial charge < -0.3 is 15.6 Å². The second-order valence-electron chi connectivity index (χ2n) is 4.60. The van der Waals surface area contributed by atoms with E-state index in [1.54, 1.807) is 6.07 Å². The number of amides is 1. The summed E-state index contributed by atoms with van der Waals surface area (Å²) in [6.07, 6.45) is 1.06. The highest BCUT2D eigenvalue weighted by Gasteiger charge is 2.10. The lowest BCUT2D eigenvalue weighted by atomic mass is 10.1. The Morgan fingerprint density at radius 2 is 1.95 bits per heavy atom. The Hall–Kier alpha value is -1.85. The van der Waals surface area contributed by atoms with Crippen LogP contribution < -0.4 is 16.2 Å². The van der Waals surface area contributed by atoms with Crippen molar-refractivity contribution in [2.75, 3.05) is 19.6 Å². The third-order valence-corrected chi connectivity index (χ3v) is 3.01. The molecule has 5 nitrogen and oxygen atoms in total. The number of rotatable bonds is 6. The van der Waals surface area contributed by atoms with Gasteiger partial charge in [-0.25, -0.2) is 0 Å². The lowest BCUT2D eigenvalue weighted by Crippen LogP contribution is -2.32. The Labute approximate surface area is 129 Å². The molecule has 1 aromatic carbocycles. The summed E-state index contributed by atoms with van der Waals surface area (Å²) in [7, 11) is 0. The van der Waals surface area contributed by atoms with Crippen molar-refractivity contribution in [2.45, 2.75) is 13.3 Å². The van der Waals surface area contributed by atoms with Crippen LogP contribution in [0.4, 0.5) is 0 Å². The largest absolute Gasteiger partial charge is 0.351 e. The number of hydrogen-bond donors (Lipinski definition) is 3. The molecule has 0 aliphatic heterocycles. The average molecular weight is 310 g/mol. The molecule has 6 heteroatoms. The second-order valence-corrected chi connectivity index (χ2v) is 4.60. The molecular formula is C15H20ClN3O2. The minimum Gasteiger partial charge on any atom is -0.351 e. The molecule has 2 rings (SSSR count). The quantitative estimate of drug-likeness (QED) is 0.711. The molecule has 3 N–H and O–H groups in total. The fourth-order valence-electron chi connectivity index (χ4n) is 2.05. The monoisotopic (exact) mass is 309 g/mol. The topological polar surface area (TPSA) is 74.0 Å². The van der Waals surface area contributed by atoms with E-state index in [4.69, 9.17) is 0 Å². The number of aromatic nitrogens is 1. The molecule has 0 aliphatic carbocycles. The summed E-state index contributed by atoms with van der Waals surface area (Å²) in [6, 6.07) is 8.64. The van der Waals surface area contributed by atoms with E-state index >= 15 is 0 Å².